The van der Waals surface area contributed by atoms with Crippen LogP contribution in [0.15, 0.2) is 65.7 Å². The number of aromatic nitrogens is 6. The molecule has 116 heavy (non-hydrogen) atoms. The average molecular weight is 1600 g/mol. The first-order valence-corrected chi connectivity index (χ1v) is 42.0. The second-order valence-corrected chi connectivity index (χ2v) is 41.9. The minimum Gasteiger partial charge on any atom is -0.444 e. The van der Waals surface area contributed by atoms with E-state index < -0.39 is 22.4 Å². The standard InChI is InChI=1S/C22H29N5O3.C22H27N5O3.C18H30BNO4.C13H21NO2.C12H19NO3/c2*1-21(2,3)30-20(29)26-12-22(13-26)10-9-15(11-22)16-5-4-6-17-23-19(25-27(16)17)24-18(28)14-7-8-14;1-15(2,3)22-14(21)20-11-18(12-20)9-8-13(10-18)19-23-16(4,5)17(6,7)24-19;1-10-5-6-13(7-10)8-14(9-13)11(15)16-12(2,3)4;1-11(2,3)16-10(15)13-7-12(8-13)5-4-9(14)6-12/h4-6,14-15H,7-13H2,1-3H3,(H,24,25,28);4-6,9,14H,7-8,10-13H2,1-3H3,(H,24,25,28);8H,9-12H2,1-7H3;5H,6-9H2,1-4H3;4-8H2,1-3H3. The molecule has 6 saturated heterocycles. The van der Waals surface area contributed by atoms with Gasteiger partial charge >= 0.3 is 37.6 Å². The molecule has 17 rings (SSSR count). The summed E-state index contributed by atoms with van der Waals surface area (Å²) >= 11 is 0. The Kier molecular flexibility index (Phi) is 22.8. The van der Waals surface area contributed by atoms with Crippen LogP contribution >= 0.6 is 0 Å². The maximum atomic E-state index is 12.3. The van der Waals surface area contributed by atoms with E-state index in [4.69, 9.17) is 33.0 Å². The number of fused-ring (bicyclic) bond motifs is 2. The highest BCUT2D eigenvalue weighted by atomic mass is 16.7. The molecule has 4 aromatic rings. The lowest BCUT2D eigenvalue weighted by Crippen LogP contribution is -2.58. The predicted octanol–water partition coefficient (Wildman–Crippen LogP) is 15.6. The number of nitrogens with one attached hydrogen (secondary N) is 2. The van der Waals surface area contributed by atoms with E-state index in [2.05, 4.69) is 89.7 Å². The van der Waals surface area contributed by atoms with Crippen LogP contribution in [0.1, 0.15) is 259 Å². The van der Waals surface area contributed by atoms with Crippen LogP contribution < -0.4 is 10.6 Å². The Labute approximate surface area is 684 Å². The molecule has 7 amide bonds. The molecule has 29 heteroatoms. The van der Waals surface area contributed by atoms with Crippen LogP contribution in [0, 0.1) is 38.9 Å². The van der Waals surface area contributed by atoms with Gasteiger partial charge in [0, 0.05) is 129 Å². The topological polar surface area (TPSA) is 302 Å². The Bertz CT molecular complexity index is 4480. The molecule has 28 nitrogen and oxygen atoms in total. The first-order chi connectivity index (χ1) is 53.8. The highest BCUT2D eigenvalue weighted by molar-refractivity contribution is 6.54. The molecule has 0 aromatic carbocycles. The van der Waals surface area contributed by atoms with Gasteiger partial charge < -0.3 is 57.5 Å². The predicted molar refractivity (Wildman–Crippen MR) is 439 cm³/mol. The van der Waals surface area contributed by atoms with Gasteiger partial charge in [-0.3, -0.25) is 25.0 Å². The van der Waals surface area contributed by atoms with E-state index in [-0.39, 0.29) is 99.7 Å². The van der Waals surface area contributed by atoms with Crippen molar-refractivity contribution in [2.75, 3.05) is 76.1 Å². The summed E-state index contributed by atoms with van der Waals surface area (Å²) in [5.74, 6) is 1.69. The second kappa shape index (κ2) is 31.0. The SMILES string of the molecule is CC(C)(C)OC(=O)N1CC2(CC=C(B3OC(C)(C)C(C)(C)O3)C2)C1.CC(C)(C)OC(=O)N1CC2(CC=C(c3cccc4nc(NC(=O)C5CC5)nn34)C2)C1.CC(C)(C)OC(=O)N1CC2(CCC(=O)C2)C1.CC(C)(C)OC(=O)N1CC2(CCC(c3cccc4nc(NC(=O)C5CC5)nn34)C2)C1.CC1=CCC2(C1)CN(C(=O)OC(C)(C)C)C2. The van der Waals surface area contributed by atoms with Crippen molar-refractivity contribution < 1.29 is 71.3 Å². The third kappa shape index (κ3) is 20.2. The summed E-state index contributed by atoms with van der Waals surface area (Å²) in [6.07, 6.45) is 20.9. The van der Waals surface area contributed by atoms with E-state index in [1.54, 1.807) is 19.2 Å². The summed E-state index contributed by atoms with van der Waals surface area (Å²) in [5.41, 5.74) is 5.48. The summed E-state index contributed by atoms with van der Waals surface area (Å²) in [6.45, 7) is 46.3. The van der Waals surface area contributed by atoms with Crippen molar-refractivity contribution in [2.45, 2.75) is 286 Å². The fourth-order valence-corrected chi connectivity index (χ4v) is 17.7. The van der Waals surface area contributed by atoms with Crippen LogP contribution in [-0.2, 0) is 47.4 Å². The maximum absolute atomic E-state index is 12.3. The van der Waals surface area contributed by atoms with E-state index in [0.29, 0.717) is 73.7 Å². The number of anilines is 2. The number of rotatable bonds is 7. The summed E-state index contributed by atoms with van der Waals surface area (Å²) in [6, 6.07) is 11.9. The monoisotopic (exact) mass is 1600 g/mol. The van der Waals surface area contributed by atoms with Gasteiger partial charge in [-0.2, -0.15) is 9.97 Å². The van der Waals surface area contributed by atoms with Gasteiger partial charge in [-0.15, -0.1) is 10.2 Å². The summed E-state index contributed by atoms with van der Waals surface area (Å²) < 4.78 is 43.0. The number of allylic oxidation sites excluding steroid dienone is 6. The van der Waals surface area contributed by atoms with Gasteiger partial charge in [0.15, 0.2) is 11.3 Å². The Morgan fingerprint density at radius 3 is 1.26 bits per heavy atom. The van der Waals surface area contributed by atoms with Crippen LogP contribution in [0.2, 0.25) is 0 Å². The number of ketones is 1. The Balaban J connectivity index is 0.000000129. The quantitative estimate of drug-likeness (QED) is 0.0986. The number of ether oxygens (including phenoxy) is 5. The maximum Gasteiger partial charge on any atom is 0.490 e. The zero-order valence-electron chi connectivity index (χ0n) is 72.4. The van der Waals surface area contributed by atoms with Crippen LogP contribution in [0.25, 0.3) is 16.9 Å². The average Bonchev–Trinajstić information content (AvgIpc) is 1.58. The fraction of sp³-hybridized carbons (Fsp3) is 0.701. The number of carbonyl (C=O) groups is 8. The van der Waals surface area contributed by atoms with Gasteiger partial charge in [0.05, 0.1) is 16.9 Å². The van der Waals surface area contributed by atoms with E-state index in [1.165, 1.54) is 16.6 Å². The molecule has 13 aliphatic rings. The van der Waals surface area contributed by atoms with Gasteiger partial charge in [0.1, 0.15) is 33.8 Å². The van der Waals surface area contributed by atoms with Gasteiger partial charge in [0.2, 0.25) is 23.7 Å². The normalized spacial score (nSPS) is 23.2. The van der Waals surface area contributed by atoms with E-state index in [0.717, 1.165) is 146 Å². The number of nitrogens with zero attached hydrogens (tertiary/aromatic N) is 11. The van der Waals surface area contributed by atoms with Crippen molar-refractivity contribution in [3.63, 3.8) is 0 Å². The largest absolute Gasteiger partial charge is 0.490 e. The third-order valence-electron chi connectivity index (χ3n) is 24.4. The number of Topliss-reactive ketones (excluding diaryl/α,β-unsaturated/α-hetero) is 1. The molecule has 7 aliphatic carbocycles. The van der Waals surface area contributed by atoms with Crippen LogP contribution in [0.5, 0.6) is 0 Å². The zero-order valence-corrected chi connectivity index (χ0v) is 72.4. The molecule has 2 N–H and O–H groups in total. The highest BCUT2D eigenvalue weighted by Gasteiger charge is 2.58. The zero-order chi connectivity index (χ0) is 84.1. The molecule has 0 radical (unpaired) electrons. The summed E-state index contributed by atoms with van der Waals surface area (Å²) in [5, 5.41) is 14.8. The summed E-state index contributed by atoms with van der Waals surface area (Å²) in [7, 11) is -0.259. The minimum atomic E-state index is -0.478. The molecule has 4 saturated carbocycles. The van der Waals surface area contributed by atoms with Crippen molar-refractivity contribution >= 4 is 83.9 Å². The molecular formula is C87H126BN13O15. The van der Waals surface area contributed by atoms with Crippen LogP contribution in [0.3, 0.4) is 0 Å². The summed E-state index contributed by atoms with van der Waals surface area (Å²) in [4.78, 5) is 113. The first-order valence-electron chi connectivity index (χ1n) is 42.0. The molecule has 5 spiro atoms. The molecule has 632 valence electrons. The van der Waals surface area contributed by atoms with Crippen molar-refractivity contribution in [1.29, 1.82) is 0 Å². The van der Waals surface area contributed by atoms with Crippen LogP contribution in [0.4, 0.5) is 35.9 Å². The van der Waals surface area contributed by atoms with E-state index >= 15 is 0 Å². The van der Waals surface area contributed by atoms with Crippen molar-refractivity contribution in [3.8, 4) is 0 Å². The van der Waals surface area contributed by atoms with E-state index in [1.807, 2.05) is 149 Å². The lowest BCUT2D eigenvalue weighted by Gasteiger charge is -2.48. The van der Waals surface area contributed by atoms with Gasteiger partial charge in [-0.25, -0.2) is 33.0 Å². The molecular weight excluding hydrogens is 1480 g/mol. The number of hydrogen-bond acceptors (Lipinski definition) is 19. The molecule has 6 aliphatic heterocycles. The van der Waals surface area contributed by atoms with E-state index in [9.17, 15) is 38.4 Å². The third-order valence-corrected chi connectivity index (χ3v) is 24.4. The molecule has 4 aromatic heterocycles. The molecule has 10 fully saturated rings. The van der Waals surface area contributed by atoms with Gasteiger partial charge in [-0.1, -0.05) is 35.9 Å². The fourth-order valence-electron chi connectivity index (χ4n) is 17.7. The van der Waals surface area contributed by atoms with Gasteiger partial charge in [-0.05, 0) is 264 Å². The number of likely N-dealkylation sites (tertiary alicyclic amines) is 5. The van der Waals surface area contributed by atoms with Crippen LogP contribution in [-0.4, -0.2) is 214 Å². The Morgan fingerprint density at radius 1 is 0.457 bits per heavy atom. The number of hydrogen-bond donors (Lipinski definition) is 2. The molecule has 1 atom stereocenters. The smallest absolute Gasteiger partial charge is 0.444 e. The molecule has 0 bridgehead atoms. The minimum absolute atomic E-state index is 0.00296. The molecule has 10 heterocycles. The van der Waals surface area contributed by atoms with Crippen molar-refractivity contribution in [2.24, 2.45) is 38.9 Å². The number of carbonyl (C=O) groups excluding carboxylic acids is 8. The van der Waals surface area contributed by atoms with Gasteiger partial charge in [0.25, 0.3) is 0 Å². The Hall–Kier alpha value is -8.60. The van der Waals surface area contributed by atoms with Crippen molar-refractivity contribution in [3.05, 3.63) is 77.1 Å². The first kappa shape index (κ1) is 85.3. The number of pyridine rings is 2. The Morgan fingerprint density at radius 2 is 0.845 bits per heavy atom. The highest BCUT2D eigenvalue weighted by Crippen LogP contribution is 2.54. The molecule has 1 unspecified atom stereocenters. The lowest BCUT2D eigenvalue weighted by molar-refractivity contribution is -0.119. The number of amides is 7. The second-order valence-electron chi connectivity index (χ2n) is 41.9. The van der Waals surface area contributed by atoms with Crippen molar-refractivity contribution in [1.82, 2.24) is 53.7 Å². The lowest BCUT2D eigenvalue weighted by atomic mass is 9.70.